The Morgan fingerprint density at radius 2 is 1.83 bits per heavy atom. The largest absolute Gasteiger partial charge is 0.480 e. The zero-order valence-corrected chi connectivity index (χ0v) is 12.9. The van der Waals surface area contributed by atoms with Crippen LogP contribution in [0.4, 0.5) is 4.79 Å². The van der Waals surface area contributed by atoms with Gasteiger partial charge in [0.2, 0.25) is 0 Å². The minimum Gasteiger partial charge on any atom is -0.480 e. The summed E-state index contributed by atoms with van der Waals surface area (Å²) in [6.45, 7) is 7.18. The van der Waals surface area contributed by atoms with Gasteiger partial charge in [-0.2, -0.15) is 11.8 Å². The summed E-state index contributed by atoms with van der Waals surface area (Å²) in [5.74, 6) is -0.169. The number of aliphatic carboxylic acids is 1. The van der Waals surface area contributed by atoms with Gasteiger partial charge in [-0.3, -0.25) is 4.79 Å². The lowest BCUT2D eigenvalue weighted by Gasteiger charge is -2.38. The number of hydrogen-bond acceptors (Lipinski definition) is 3. The first-order chi connectivity index (χ1) is 8.11. The fourth-order valence-corrected chi connectivity index (χ4v) is 2.16. The lowest BCUT2D eigenvalue weighted by atomic mass is 10.1. The number of thioether (sulfide) groups is 1. The third-order valence-corrected chi connectivity index (χ3v) is 3.52. The van der Waals surface area contributed by atoms with Crippen molar-refractivity contribution >= 4 is 23.8 Å². The van der Waals surface area contributed by atoms with Crippen LogP contribution in [0.15, 0.2) is 0 Å². The van der Waals surface area contributed by atoms with Gasteiger partial charge in [-0.25, -0.2) is 4.79 Å². The highest BCUT2D eigenvalue weighted by Crippen LogP contribution is 2.17. The molecule has 0 aromatic rings. The Morgan fingerprint density at radius 1 is 1.33 bits per heavy atom. The van der Waals surface area contributed by atoms with Crippen molar-refractivity contribution in [2.24, 2.45) is 0 Å². The quantitative estimate of drug-likeness (QED) is 0.834. The second-order valence-corrected chi connectivity index (χ2v) is 6.26. The Bertz CT molecular complexity index is 302. The summed E-state index contributed by atoms with van der Waals surface area (Å²) in [5.41, 5.74) is -0.511. The highest BCUT2D eigenvalue weighted by atomic mass is 32.2. The van der Waals surface area contributed by atoms with Crippen molar-refractivity contribution in [3.63, 3.8) is 0 Å². The van der Waals surface area contributed by atoms with Gasteiger partial charge >= 0.3 is 12.0 Å². The Balaban J connectivity index is 4.90. The molecule has 0 saturated heterocycles. The molecule has 0 rings (SSSR count). The zero-order chi connectivity index (χ0) is 14.5. The molecule has 0 saturated carbocycles. The zero-order valence-electron chi connectivity index (χ0n) is 12.1. The Labute approximate surface area is 114 Å². The molecular formula is C12H24N2O3S. The summed E-state index contributed by atoms with van der Waals surface area (Å²) in [6, 6.07) is -0.169. The number of urea groups is 1. The van der Waals surface area contributed by atoms with Crippen LogP contribution in [0.3, 0.4) is 0 Å². The van der Waals surface area contributed by atoms with E-state index in [1.54, 1.807) is 23.7 Å². The van der Waals surface area contributed by atoms with Gasteiger partial charge in [0.05, 0.1) is 0 Å². The van der Waals surface area contributed by atoms with Gasteiger partial charge in [0.15, 0.2) is 0 Å². The maximum Gasteiger partial charge on any atom is 0.323 e. The first-order valence-electron chi connectivity index (χ1n) is 5.86. The molecule has 1 N–H and O–H groups in total. The molecule has 0 spiro atoms. The number of rotatable bonds is 5. The molecule has 0 aromatic carbocycles. The fraction of sp³-hybridized carbons (Fsp3) is 0.833. The molecule has 5 nitrogen and oxygen atoms in total. The predicted octanol–water partition coefficient (Wildman–Crippen LogP) is 1.97. The van der Waals surface area contributed by atoms with E-state index >= 15 is 0 Å². The number of carboxylic acid groups (broad SMARTS) is 1. The van der Waals surface area contributed by atoms with Crippen LogP contribution < -0.4 is 0 Å². The molecule has 0 fully saturated rings. The Hall–Kier alpha value is -0.910. The van der Waals surface area contributed by atoms with Crippen LogP contribution in [0.1, 0.15) is 27.7 Å². The van der Waals surface area contributed by atoms with Crippen LogP contribution in [0, 0.1) is 0 Å². The number of carbonyl (C=O) groups is 2. The second-order valence-electron chi connectivity index (χ2n) is 5.35. The first kappa shape index (κ1) is 17.1. The van der Waals surface area contributed by atoms with Crippen molar-refractivity contribution < 1.29 is 14.7 Å². The molecule has 0 aromatic heterocycles. The van der Waals surface area contributed by atoms with E-state index in [0.717, 1.165) is 5.75 Å². The topological polar surface area (TPSA) is 60.9 Å². The molecule has 2 amide bonds. The van der Waals surface area contributed by atoms with Crippen LogP contribution in [0.25, 0.3) is 0 Å². The van der Waals surface area contributed by atoms with Gasteiger partial charge in [-0.05, 0) is 34.0 Å². The van der Waals surface area contributed by atoms with Crippen LogP contribution in [-0.4, -0.2) is 64.1 Å². The second kappa shape index (κ2) is 6.87. The predicted molar refractivity (Wildman–Crippen MR) is 75.1 cm³/mol. The maximum atomic E-state index is 12.3. The summed E-state index contributed by atoms with van der Waals surface area (Å²) in [6.07, 6.45) is 1.98. The molecule has 0 aliphatic rings. The molecule has 0 bridgehead atoms. The van der Waals surface area contributed by atoms with Crippen LogP contribution in [-0.2, 0) is 4.79 Å². The Morgan fingerprint density at radius 3 is 2.17 bits per heavy atom. The summed E-state index contributed by atoms with van der Waals surface area (Å²) in [7, 11) is 1.71. The van der Waals surface area contributed by atoms with E-state index < -0.39 is 11.5 Å². The van der Waals surface area contributed by atoms with Gasteiger partial charge in [0.1, 0.15) is 6.54 Å². The van der Waals surface area contributed by atoms with E-state index in [2.05, 4.69) is 0 Å². The van der Waals surface area contributed by atoms with Crippen molar-refractivity contribution in [2.45, 2.75) is 39.3 Å². The van der Waals surface area contributed by atoms with Crippen molar-refractivity contribution in [3.8, 4) is 0 Å². The third-order valence-electron chi connectivity index (χ3n) is 2.70. The van der Waals surface area contributed by atoms with Gasteiger partial charge in [0.25, 0.3) is 0 Å². The van der Waals surface area contributed by atoms with Crippen molar-refractivity contribution in [3.05, 3.63) is 0 Å². The standard InChI is InChI=1S/C12H24N2O3S/c1-9(8-18-6)13(5)11(17)14(7-10(15)16)12(2,3)4/h9H,7-8H2,1-6H3,(H,15,16). The molecule has 18 heavy (non-hydrogen) atoms. The molecule has 1 atom stereocenters. The van der Waals surface area contributed by atoms with Gasteiger partial charge in [0, 0.05) is 24.4 Å². The van der Waals surface area contributed by atoms with E-state index in [-0.39, 0.29) is 18.6 Å². The number of amides is 2. The van der Waals surface area contributed by atoms with Crippen LogP contribution in [0.5, 0.6) is 0 Å². The van der Waals surface area contributed by atoms with Gasteiger partial charge < -0.3 is 14.9 Å². The van der Waals surface area contributed by atoms with E-state index in [4.69, 9.17) is 5.11 Å². The minimum absolute atomic E-state index is 0.0751. The highest BCUT2D eigenvalue weighted by Gasteiger charge is 2.31. The van der Waals surface area contributed by atoms with Crippen LogP contribution in [0.2, 0.25) is 0 Å². The summed E-state index contributed by atoms with van der Waals surface area (Å²) < 4.78 is 0. The third kappa shape index (κ3) is 5.16. The highest BCUT2D eigenvalue weighted by molar-refractivity contribution is 7.98. The smallest absolute Gasteiger partial charge is 0.323 e. The lowest BCUT2D eigenvalue weighted by Crippen LogP contribution is -2.54. The van der Waals surface area contributed by atoms with Crippen molar-refractivity contribution in [1.82, 2.24) is 9.80 Å². The van der Waals surface area contributed by atoms with Gasteiger partial charge in [-0.1, -0.05) is 0 Å². The summed E-state index contributed by atoms with van der Waals surface area (Å²) >= 11 is 1.66. The van der Waals surface area contributed by atoms with Gasteiger partial charge in [-0.15, -0.1) is 0 Å². The summed E-state index contributed by atoms with van der Waals surface area (Å²) in [4.78, 5) is 26.2. The molecule has 106 valence electrons. The molecule has 1 unspecified atom stereocenters. The number of carbonyl (C=O) groups excluding carboxylic acids is 1. The van der Waals surface area contributed by atoms with Crippen molar-refractivity contribution in [2.75, 3.05) is 25.6 Å². The SMILES string of the molecule is CSCC(C)N(C)C(=O)N(CC(=O)O)C(C)(C)C. The fourth-order valence-electron chi connectivity index (χ4n) is 1.46. The number of hydrogen-bond donors (Lipinski definition) is 1. The minimum atomic E-state index is -0.996. The Kier molecular flexibility index (Phi) is 6.52. The van der Waals surface area contributed by atoms with Crippen molar-refractivity contribution in [1.29, 1.82) is 0 Å². The number of carboxylic acids is 1. The van der Waals surface area contributed by atoms with E-state index in [9.17, 15) is 9.59 Å². The maximum absolute atomic E-state index is 12.3. The molecule has 0 aliphatic heterocycles. The molecule has 6 heteroatoms. The summed E-state index contributed by atoms with van der Waals surface area (Å²) in [5, 5.41) is 8.90. The molecule has 0 heterocycles. The average Bonchev–Trinajstić information content (AvgIpc) is 2.22. The van der Waals surface area contributed by atoms with E-state index in [1.807, 2.05) is 34.0 Å². The van der Waals surface area contributed by atoms with E-state index in [0.29, 0.717) is 0 Å². The molecule has 0 aliphatic carbocycles. The average molecular weight is 276 g/mol. The normalized spacial score (nSPS) is 13.0. The van der Waals surface area contributed by atoms with E-state index in [1.165, 1.54) is 4.90 Å². The first-order valence-corrected chi connectivity index (χ1v) is 7.25. The monoisotopic (exact) mass is 276 g/mol. The lowest BCUT2D eigenvalue weighted by molar-refractivity contribution is -0.138. The van der Waals surface area contributed by atoms with Crippen LogP contribution >= 0.6 is 11.8 Å². The molecular weight excluding hydrogens is 252 g/mol. The number of nitrogens with zero attached hydrogens (tertiary/aromatic N) is 2. The molecule has 0 radical (unpaired) electrons.